The number of nitriles is 1. The summed E-state index contributed by atoms with van der Waals surface area (Å²) in [6, 6.07) is 13.4. The monoisotopic (exact) mass is 301 g/mol. The zero-order chi connectivity index (χ0) is 13.0. The second kappa shape index (κ2) is 5.65. The first-order valence-corrected chi connectivity index (χ1v) is 6.32. The molecule has 1 N–H and O–H groups in total. The molecule has 0 aliphatic rings. The van der Waals surface area contributed by atoms with Crippen molar-refractivity contribution in [2.45, 2.75) is 13.0 Å². The van der Waals surface area contributed by atoms with E-state index in [1.165, 1.54) is 0 Å². The molecule has 0 aliphatic heterocycles. The Balaban J connectivity index is 2.20. The molecular weight excluding hydrogens is 290 g/mol. The van der Waals surface area contributed by atoms with E-state index in [4.69, 9.17) is 0 Å². The lowest BCUT2D eigenvalue weighted by atomic mass is 10.1. The minimum atomic E-state index is -0.396. The number of nitrogens with one attached hydrogen (secondary N) is 1. The van der Waals surface area contributed by atoms with Crippen LogP contribution in [0, 0.1) is 18.3 Å². The molecular formula is C14H12BrN3. The van der Waals surface area contributed by atoms with Crippen molar-refractivity contribution in [3.05, 3.63) is 58.3 Å². The molecule has 0 saturated carbocycles. The average Bonchev–Trinajstić information content (AvgIpc) is 2.37. The Morgan fingerprint density at radius 2 is 2.17 bits per heavy atom. The lowest BCUT2D eigenvalue weighted by Crippen LogP contribution is -2.08. The first-order valence-electron chi connectivity index (χ1n) is 5.53. The molecule has 0 radical (unpaired) electrons. The Bertz CT molecular complexity index is 572. The maximum atomic E-state index is 9.23. The van der Waals surface area contributed by atoms with Crippen molar-refractivity contribution < 1.29 is 0 Å². The maximum absolute atomic E-state index is 9.23. The van der Waals surface area contributed by atoms with Crippen LogP contribution in [0.15, 0.2) is 47.1 Å². The molecule has 1 atom stereocenters. The predicted octanol–water partition coefficient (Wildman–Crippen LogP) is 3.83. The fraction of sp³-hybridized carbons (Fsp3) is 0.143. The van der Waals surface area contributed by atoms with Gasteiger partial charge in [0.25, 0.3) is 0 Å². The van der Waals surface area contributed by atoms with Crippen LogP contribution >= 0.6 is 15.9 Å². The highest BCUT2D eigenvalue weighted by molar-refractivity contribution is 9.10. The molecule has 0 aliphatic carbocycles. The highest BCUT2D eigenvalue weighted by Gasteiger charge is 2.10. The Labute approximate surface area is 115 Å². The fourth-order valence-electron chi connectivity index (χ4n) is 1.59. The second-order valence-corrected chi connectivity index (χ2v) is 4.87. The van der Waals surface area contributed by atoms with Gasteiger partial charge in [-0.1, -0.05) is 28.1 Å². The van der Waals surface area contributed by atoms with E-state index in [-0.39, 0.29) is 0 Å². The summed E-state index contributed by atoms with van der Waals surface area (Å²) in [6.45, 7) is 1.92. The third kappa shape index (κ3) is 3.08. The number of halogens is 1. The summed E-state index contributed by atoms with van der Waals surface area (Å²) in [6.07, 6.45) is 1.73. The molecule has 1 aromatic carbocycles. The average molecular weight is 302 g/mol. The van der Waals surface area contributed by atoms with E-state index >= 15 is 0 Å². The van der Waals surface area contributed by atoms with E-state index in [9.17, 15) is 5.26 Å². The van der Waals surface area contributed by atoms with Crippen LogP contribution < -0.4 is 5.32 Å². The van der Waals surface area contributed by atoms with Crippen molar-refractivity contribution >= 4 is 21.6 Å². The Hall–Kier alpha value is -1.86. The molecule has 0 spiro atoms. The summed E-state index contributed by atoms with van der Waals surface area (Å²) in [5, 5.41) is 12.4. The van der Waals surface area contributed by atoms with E-state index < -0.39 is 6.04 Å². The molecule has 18 heavy (non-hydrogen) atoms. The third-order valence-corrected chi connectivity index (χ3v) is 3.03. The second-order valence-electron chi connectivity index (χ2n) is 3.95. The number of anilines is 1. The van der Waals surface area contributed by atoms with Crippen molar-refractivity contribution in [2.24, 2.45) is 0 Å². The van der Waals surface area contributed by atoms with Crippen LogP contribution in [0.25, 0.3) is 0 Å². The van der Waals surface area contributed by atoms with Gasteiger partial charge >= 0.3 is 0 Å². The zero-order valence-electron chi connectivity index (χ0n) is 9.89. The lowest BCUT2D eigenvalue weighted by Gasteiger charge is -2.13. The molecule has 0 amide bonds. The number of rotatable bonds is 3. The van der Waals surface area contributed by atoms with Crippen LogP contribution in [-0.4, -0.2) is 4.98 Å². The van der Waals surface area contributed by atoms with Gasteiger partial charge in [-0.2, -0.15) is 5.26 Å². The first-order chi connectivity index (χ1) is 8.69. The normalized spacial score (nSPS) is 11.6. The standard InChI is InChI=1S/C14H12BrN3/c1-10-5-6-11(9-17-10)14(8-16)18-13-4-2-3-12(15)7-13/h2-7,9,14,18H,1H3. The smallest absolute Gasteiger partial charge is 0.141 e. The molecule has 1 heterocycles. The van der Waals surface area contributed by atoms with Gasteiger partial charge in [0, 0.05) is 27.6 Å². The molecule has 0 fully saturated rings. The molecule has 90 valence electrons. The molecule has 3 nitrogen and oxygen atoms in total. The van der Waals surface area contributed by atoms with Crippen LogP contribution in [0.1, 0.15) is 17.3 Å². The highest BCUT2D eigenvalue weighted by atomic mass is 79.9. The fourth-order valence-corrected chi connectivity index (χ4v) is 1.98. The van der Waals surface area contributed by atoms with Gasteiger partial charge < -0.3 is 5.32 Å². The summed E-state index contributed by atoms with van der Waals surface area (Å²) >= 11 is 3.40. The van der Waals surface area contributed by atoms with E-state index in [0.717, 1.165) is 21.4 Å². The van der Waals surface area contributed by atoms with Crippen LogP contribution in [0.3, 0.4) is 0 Å². The Morgan fingerprint density at radius 3 is 2.78 bits per heavy atom. The van der Waals surface area contributed by atoms with Crippen molar-refractivity contribution in [3.63, 3.8) is 0 Å². The van der Waals surface area contributed by atoms with E-state index in [2.05, 4.69) is 32.3 Å². The number of aryl methyl sites for hydroxylation is 1. The number of pyridine rings is 1. The van der Waals surface area contributed by atoms with E-state index in [0.29, 0.717) is 0 Å². The minimum absolute atomic E-state index is 0.396. The SMILES string of the molecule is Cc1ccc(C(C#N)Nc2cccc(Br)c2)cn1. The predicted molar refractivity (Wildman–Crippen MR) is 75.1 cm³/mol. The topological polar surface area (TPSA) is 48.7 Å². The third-order valence-electron chi connectivity index (χ3n) is 2.53. The van der Waals surface area contributed by atoms with Crippen LogP contribution in [0.2, 0.25) is 0 Å². The number of benzene rings is 1. The van der Waals surface area contributed by atoms with Gasteiger partial charge in [-0.05, 0) is 31.2 Å². The summed E-state index contributed by atoms with van der Waals surface area (Å²) in [5.74, 6) is 0. The van der Waals surface area contributed by atoms with E-state index in [1.54, 1.807) is 6.20 Å². The van der Waals surface area contributed by atoms with Crippen LogP contribution in [0.4, 0.5) is 5.69 Å². The van der Waals surface area contributed by atoms with Gasteiger partial charge in [0.05, 0.1) is 6.07 Å². The van der Waals surface area contributed by atoms with Gasteiger partial charge in [-0.3, -0.25) is 4.98 Å². The largest absolute Gasteiger partial charge is 0.366 e. The molecule has 0 bridgehead atoms. The molecule has 2 rings (SSSR count). The zero-order valence-corrected chi connectivity index (χ0v) is 11.5. The van der Waals surface area contributed by atoms with Crippen molar-refractivity contribution in [1.82, 2.24) is 4.98 Å². The van der Waals surface area contributed by atoms with Gasteiger partial charge in [0.15, 0.2) is 0 Å². The number of nitrogens with zero attached hydrogens (tertiary/aromatic N) is 2. The Morgan fingerprint density at radius 1 is 1.33 bits per heavy atom. The van der Waals surface area contributed by atoms with Crippen molar-refractivity contribution in [3.8, 4) is 6.07 Å². The van der Waals surface area contributed by atoms with Gasteiger partial charge in [-0.25, -0.2) is 0 Å². The van der Waals surface area contributed by atoms with Crippen LogP contribution in [-0.2, 0) is 0 Å². The summed E-state index contributed by atoms with van der Waals surface area (Å²) in [4.78, 5) is 4.21. The summed E-state index contributed by atoms with van der Waals surface area (Å²) in [5.41, 5.74) is 2.71. The van der Waals surface area contributed by atoms with Crippen molar-refractivity contribution in [2.75, 3.05) is 5.32 Å². The highest BCUT2D eigenvalue weighted by Crippen LogP contribution is 2.21. The Kier molecular flexibility index (Phi) is 3.96. The summed E-state index contributed by atoms with van der Waals surface area (Å²) < 4.78 is 0.978. The molecule has 1 aromatic heterocycles. The van der Waals surface area contributed by atoms with Crippen molar-refractivity contribution in [1.29, 1.82) is 5.26 Å². The number of aromatic nitrogens is 1. The molecule has 1 unspecified atom stereocenters. The number of hydrogen-bond donors (Lipinski definition) is 1. The van der Waals surface area contributed by atoms with Gasteiger partial charge in [0.1, 0.15) is 6.04 Å². The molecule has 2 aromatic rings. The quantitative estimate of drug-likeness (QED) is 0.937. The minimum Gasteiger partial charge on any atom is -0.366 e. The lowest BCUT2D eigenvalue weighted by molar-refractivity contribution is 0.974. The van der Waals surface area contributed by atoms with Gasteiger partial charge in [0.2, 0.25) is 0 Å². The maximum Gasteiger partial charge on any atom is 0.141 e. The first kappa shape index (κ1) is 12.6. The number of hydrogen-bond acceptors (Lipinski definition) is 3. The van der Waals surface area contributed by atoms with Crippen LogP contribution in [0.5, 0.6) is 0 Å². The molecule has 4 heteroatoms. The van der Waals surface area contributed by atoms with Gasteiger partial charge in [-0.15, -0.1) is 0 Å². The molecule has 0 saturated heterocycles. The van der Waals surface area contributed by atoms with E-state index in [1.807, 2.05) is 43.3 Å². The summed E-state index contributed by atoms with van der Waals surface area (Å²) in [7, 11) is 0.